The average Bonchev–Trinajstić information content (AvgIpc) is 3.45. The first-order chi connectivity index (χ1) is 17.5. The van der Waals surface area contributed by atoms with Gasteiger partial charge in [-0.25, -0.2) is 8.42 Å². The monoisotopic (exact) mass is 545 g/mol. The predicted molar refractivity (Wildman–Crippen MR) is 135 cm³/mol. The predicted octanol–water partition coefficient (Wildman–Crippen LogP) is 5.07. The maximum Gasteiger partial charge on any atom is 0.417 e. The second-order valence-corrected chi connectivity index (χ2v) is 12.0. The van der Waals surface area contributed by atoms with E-state index in [1.54, 1.807) is 0 Å². The number of nitriles is 1. The first kappa shape index (κ1) is 31.1. The molecule has 2 fully saturated rings. The summed E-state index contributed by atoms with van der Waals surface area (Å²) >= 11 is 0. The molecule has 0 spiro atoms. The molecule has 2 aliphatic rings. The molecular formula is C26H38F3N3O4S. The van der Waals surface area contributed by atoms with Crippen LogP contribution >= 0.6 is 0 Å². The lowest BCUT2D eigenvalue weighted by Crippen LogP contribution is -2.30. The fraction of sp³-hybridized carbons (Fsp3) is 0.692. The fourth-order valence-electron chi connectivity index (χ4n) is 4.30. The zero-order chi connectivity index (χ0) is 27.5. The number of carboxylic acid groups (broad SMARTS) is 1. The molecule has 1 aromatic carbocycles. The van der Waals surface area contributed by atoms with Crippen LogP contribution in [0.1, 0.15) is 83.1 Å². The Labute approximate surface area is 217 Å². The van der Waals surface area contributed by atoms with Crippen LogP contribution in [0.5, 0.6) is 0 Å². The third kappa shape index (κ3) is 9.58. The Morgan fingerprint density at radius 1 is 1.14 bits per heavy atom. The zero-order valence-electron chi connectivity index (χ0n) is 21.3. The summed E-state index contributed by atoms with van der Waals surface area (Å²) in [6.07, 6.45) is 7.92. The molecule has 1 aromatic rings. The molecule has 3 N–H and O–H groups in total. The first-order valence-corrected chi connectivity index (χ1v) is 14.5. The molecule has 1 aliphatic heterocycles. The summed E-state index contributed by atoms with van der Waals surface area (Å²) in [4.78, 5) is 9.99. The van der Waals surface area contributed by atoms with Crippen LogP contribution in [0.25, 0.3) is 0 Å². The SMILES string of the molecule is CCCCCCCCCCNC1(C#N)CC1.O=C(O)[C@@H]1C[C@H](S(=O)(=O)c2ccccc2C(F)(F)F)CN1. The molecule has 0 aromatic heterocycles. The Bertz CT molecular complexity index is 1020. The fourth-order valence-corrected chi connectivity index (χ4v) is 6.18. The van der Waals surface area contributed by atoms with Crippen molar-refractivity contribution < 1.29 is 31.5 Å². The van der Waals surface area contributed by atoms with Crippen LogP contribution in [0.2, 0.25) is 0 Å². The number of nitrogens with zero attached hydrogens (tertiary/aromatic N) is 1. The third-order valence-corrected chi connectivity index (χ3v) is 8.99. The molecule has 0 radical (unpaired) electrons. The number of benzene rings is 1. The molecule has 37 heavy (non-hydrogen) atoms. The van der Waals surface area contributed by atoms with Crippen molar-refractivity contribution in [1.29, 1.82) is 5.26 Å². The van der Waals surface area contributed by atoms with Crippen LogP contribution < -0.4 is 10.6 Å². The van der Waals surface area contributed by atoms with E-state index in [0.29, 0.717) is 6.07 Å². The second-order valence-electron chi connectivity index (χ2n) is 9.79. The van der Waals surface area contributed by atoms with Gasteiger partial charge in [-0.15, -0.1) is 0 Å². The highest BCUT2D eigenvalue weighted by Gasteiger charge is 2.43. The van der Waals surface area contributed by atoms with Crippen LogP contribution in [0.4, 0.5) is 13.2 Å². The van der Waals surface area contributed by atoms with Gasteiger partial charge in [0.25, 0.3) is 0 Å². The van der Waals surface area contributed by atoms with Gasteiger partial charge < -0.3 is 10.4 Å². The smallest absolute Gasteiger partial charge is 0.417 e. The molecule has 3 rings (SSSR count). The second kappa shape index (κ2) is 14.1. The molecule has 208 valence electrons. The van der Waals surface area contributed by atoms with Crippen LogP contribution in [-0.4, -0.2) is 49.4 Å². The topological polar surface area (TPSA) is 119 Å². The van der Waals surface area contributed by atoms with Crippen molar-refractivity contribution in [2.45, 2.75) is 105 Å². The van der Waals surface area contributed by atoms with E-state index in [9.17, 15) is 26.4 Å². The molecule has 1 heterocycles. The molecule has 7 nitrogen and oxygen atoms in total. The van der Waals surface area contributed by atoms with E-state index in [-0.39, 0.29) is 18.5 Å². The highest BCUT2D eigenvalue weighted by molar-refractivity contribution is 7.92. The molecule has 0 amide bonds. The number of aliphatic carboxylic acids is 1. The highest BCUT2D eigenvalue weighted by atomic mass is 32.2. The summed E-state index contributed by atoms with van der Waals surface area (Å²) < 4.78 is 63.4. The number of rotatable bonds is 13. The molecule has 1 aliphatic carbocycles. The molecule has 0 unspecified atom stereocenters. The van der Waals surface area contributed by atoms with E-state index in [0.717, 1.165) is 31.5 Å². The van der Waals surface area contributed by atoms with Gasteiger partial charge in [-0.2, -0.15) is 18.4 Å². The number of unbranched alkanes of at least 4 members (excludes halogenated alkanes) is 7. The van der Waals surface area contributed by atoms with E-state index in [1.807, 2.05) is 0 Å². The zero-order valence-corrected chi connectivity index (χ0v) is 22.1. The van der Waals surface area contributed by atoms with Crippen LogP contribution in [0, 0.1) is 11.3 Å². The van der Waals surface area contributed by atoms with Gasteiger partial charge >= 0.3 is 12.1 Å². The van der Waals surface area contributed by atoms with Crippen LogP contribution in [0.3, 0.4) is 0 Å². The van der Waals surface area contributed by atoms with E-state index in [1.165, 1.54) is 57.4 Å². The number of carboxylic acids is 1. The standard InChI is InChI=1S/C14H26N2.C12H12F3NO4S/c1-2-3-4-5-6-7-8-9-12-16-14(13-15)10-11-14;13-12(14,15)8-3-1-2-4-10(8)21(19,20)7-5-9(11(17)18)16-6-7/h16H,2-12H2,1H3;1-4,7,9,16H,5-6H2,(H,17,18)/t;7-,9-/m.0/s1. The maximum atomic E-state index is 12.9. The van der Waals surface area contributed by atoms with Gasteiger partial charge in [-0.1, -0.05) is 64.0 Å². The summed E-state index contributed by atoms with van der Waals surface area (Å²) in [5, 5.41) is 22.3. The molecule has 1 saturated carbocycles. The minimum Gasteiger partial charge on any atom is -0.480 e. The normalized spacial score (nSPS) is 20.5. The molecule has 0 bridgehead atoms. The van der Waals surface area contributed by atoms with Crippen molar-refractivity contribution in [1.82, 2.24) is 10.6 Å². The number of alkyl halides is 3. The summed E-state index contributed by atoms with van der Waals surface area (Å²) in [6.45, 7) is 3.10. The maximum absolute atomic E-state index is 12.9. The number of sulfone groups is 1. The van der Waals surface area contributed by atoms with Gasteiger partial charge in [-0.05, 0) is 44.4 Å². The van der Waals surface area contributed by atoms with Gasteiger partial charge in [0.15, 0.2) is 9.84 Å². The van der Waals surface area contributed by atoms with E-state index >= 15 is 0 Å². The number of halogens is 3. The van der Waals surface area contributed by atoms with E-state index in [4.69, 9.17) is 10.4 Å². The van der Waals surface area contributed by atoms with Crippen molar-refractivity contribution >= 4 is 15.8 Å². The first-order valence-electron chi connectivity index (χ1n) is 13.0. The van der Waals surface area contributed by atoms with E-state index < -0.39 is 43.7 Å². The lowest BCUT2D eigenvalue weighted by atomic mass is 10.1. The summed E-state index contributed by atoms with van der Waals surface area (Å²) in [5.41, 5.74) is -1.34. The van der Waals surface area contributed by atoms with Gasteiger partial charge in [0, 0.05) is 6.54 Å². The number of nitrogens with one attached hydrogen (secondary N) is 2. The Morgan fingerprint density at radius 3 is 2.24 bits per heavy atom. The van der Waals surface area contributed by atoms with Crippen molar-refractivity contribution in [2.24, 2.45) is 0 Å². The van der Waals surface area contributed by atoms with Crippen LogP contribution in [0.15, 0.2) is 29.2 Å². The van der Waals surface area contributed by atoms with Crippen LogP contribution in [-0.2, 0) is 20.8 Å². The van der Waals surface area contributed by atoms with Crippen molar-refractivity contribution in [3.05, 3.63) is 29.8 Å². The Balaban J connectivity index is 0.000000271. The summed E-state index contributed by atoms with van der Waals surface area (Å²) in [6, 6.07) is 5.21. The number of hydrogen-bond acceptors (Lipinski definition) is 6. The van der Waals surface area contributed by atoms with Gasteiger partial charge in [0.2, 0.25) is 0 Å². The summed E-state index contributed by atoms with van der Waals surface area (Å²) in [7, 11) is -4.26. The number of carbonyl (C=O) groups is 1. The molecule has 2 atom stereocenters. The van der Waals surface area contributed by atoms with Crippen molar-refractivity contribution in [2.75, 3.05) is 13.1 Å². The molecule has 11 heteroatoms. The molecular weight excluding hydrogens is 507 g/mol. The minimum atomic E-state index is -4.79. The molecule has 1 saturated heterocycles. The summed E-state index contributed by atoms with van der Waals surface area (Å²) in [5.74, 6) is -1.23. The van der Waals surface area contributed by atoms with Gasteiger partial charge in [-0.3, -0.25) is 10.1 Å². The Hall–Kier alpha value is -2.16. The van der Waals surface area contributed by atoms with Gasteiger partial charge in [0.05, 0.1) is 21.8 Å². The van der Waals surface area contributed by atoms with E-state index in [2.05, 4.69) is 23.6 Å². The largest absolute Gasteiger partial charge is 0.480 e. The van der Waals surface area contributed by atoms with Gasteiger partial charge in [0.1, 0.15) is 11.6 Å². The Morgan fingerprint density at radius 2 is 1.73 bits per heavy atom. The van der Waals surface area contributed by atoms with Crippen molar-refractivity contribution in [3.63, 3.8) is 0 Å². The third-order valence-electron chi connectivity index (χ3n) is 6.78. The lowest BCUT2D eigenvalue weighted by molar-refractivity contribution is -0.140. The lowest BCUT2D eigenvalue weighted by Gasteiger charge is -2.16. The highest BCUT2D eigenvalue weighted by Crippen LogP contribution is 2.36. The number of hydrogen-bond donors (Lipinski definition) is 3. The van der Waals surface area contributed by atoms with Crippen molar-refractivity contribution in [3.8, 4) is 6.07 Å². The minimum absolute atomic E-state index is 0.110. The Kier molecular flexibility index (Phi) is 11.9. The average molecular weight is 546 g/mol. The quantitative estimate of drug-likeness (QED) is 0.296.